The highest BCUT2D eigenvalue weighted by atomic mass is 16.3. The lowest BCUT2D eigenvalue weighted by atomic mass is 9.92. The Morgan fingerprint density at radius 2 is 2.06 bits per heavy atom. The molecule has 1 amide bonds. The van der Waals surface area contributed by atoms with E-state index in [1.165, 1.54) is 6.07 Å². The fourth-order valence-electron chi connectivity index (χ4n) is 1.30. The monoisotopic (exact) mass is 221 g/mol. The van der Waals surface area contributed by atoms with Crippen LogP contribution in [0.1, 0.15) is 37.6 Å². The highest BCUT2D eigenvalue weighted by molar-refractivity contribution is 5.94. The molecule has 0 atom stereocenters. The molecule has 3 heteroatoms. The van der Waals surface area contributed by atoms with E-state index in [9.17, 15) is 9.90 Å². The van der Waals surface area contributed by atoms with Gasteiger partial charge in [0.25, 0.3) is 5.91 Å². The Hall–Kier alpha value is -1.51. The van der Waals surface area contributed by atoms with Crippen LogP contribution in [0.4, 0.5) is 0 Å². The highest BCUT2D eigenvalue weighted by Crippen LogP contribution is 2.17. The summed E-state index contributed by atoms with van der Waals surface area (Å²) in [5.74, 6) is -0.0244. The van der Waals surface area contributed by atoms with Crippen LogP contribution in [0, 0.1) is 5.41 Å². The van der Waals surface area contributed by atoms with E-state index in [1.54, 1.807) is 18.2 Å². The second-order valence-electron chi connectivity index (χ2n) is 5.12. The molecule has 0 radical (unpaired) electrons. The number of hydrogen-bond acceptors (Lipinski definition) is 2. The zero-order valence-electron chi connectivity index (χ0n) is 10.1. The van der Waals surface area contributed by atoms with Gasteiger partial charge in [0.2, 0.25) is 0 Å². The smallest absolute Gasteiger partial charge is 0.251 e. The highest BCUT2D eigenvalue weighted by Gasteiger charge is 2.11. The molecule has 0 heterocycles. The lowest BCUT2D eigenvalue weighted by molar-refractivity contribution is 0.0949. The Morgan fingerprint density at radius 1 is 1.38 bits per heavy atom. The quantitative estimate of drug-likeness (QED) is 0.824. The van der Waals surface area contributed by atoms with Crippen molar-refractivity contribution in [1.82, 2.24) is 5.32 Å². The predicted octanol–water partition coefficient (Wildman–Crippen LogP) is 2.56. The van der Waals surface area contributed by atoms with Crippen molar-refractivity contribution in [3.63, 3.8) is 0 Å². The normalized spacial score (nSPS) is 11.2. The van der Waals surface area contributed by atoms with Gasteiger partial charge in [0.15, 0.2) is 0 Å². The minimum absolute atomic E-state index is 0.114. The standard InChI is InChI=1S/C13H19NO2/c1-13(2,3)7-8-14-12(16)10-5-4-6-11(15)9-10/h4-6,9,15H,7-8H2,1-3H3,(H,14,16). The third-order valence-corrected chi connectivity index (χ3v) is 2.27. The molecule has 0 saturated heterocycles. The van der Waals surface area contributed by atoms with Crippen LogP contribution in [0.25, 0.3) is 0 Å². The lowest BCUT2D eigenvalue weighted by Crippen LogP contribution is -2.27. The first-order valence-corrected chi connectivity index (χ1v) is 5.46. The maximum atomic E-state index is 11.7. The van der Waals surface area contributed by atoms with Crippen LogP contribution in [0.5, 0.6) is 5.75 Å². The van der Waals surface area contributed by atoms with E-state index in [1.807, 2.05) is 0 Å². The zero-order chi connectivity index (χ0) is 12.2. The van der Waals surface area contributed by atoms with Gasteiger partial charge in [0.1, 0.15) is 5.75 Å². The molecule has 1 aromatic carbocycles. The molecule has 0 unspecified atom stereocenters. The summed E-state index contributed by atoms with van der Waals surface area (Å²) in [4.78, 5) is 11.7. The number of nitrogens with one attached hydrogen (secondary N) is 1. The first kappa shape index (κ1) is 12.6. The van der Waals surface area contributed by atoms with Crippen LogP contribution in [-0.4, -0.2) is 17.6 Å². The summed E-state index contributed by atoms with van der Waals surface area (Å²) in [6.07, 6.45) is 0.928. The molecule has 1 aromatic rings. The van der Waals surface area contributed by atoms with Gasteiger partial charge in [-0.3, -0.25) is 4.79 Å². The maximum absolute atomic E-state index is 11.7. The summed E-state index contributed by atoms with van der Waals surface area (Å²) >= 11 is 0. The van der Waals surface area contributed by atoms with Gasteiger partial charge in [-0.05, 0) is 30.0 Å². The largest absolute Gasteiger partial charge is 0.508 e. The first-order valence-electron chi connectivity index (χ1n) is 5.46. The second-order valence-corrected chi connectivity index (χ2v) is 5.12. The molecule has 0 saturated carbocycles. The molecule has 1 rings (SSSR count). The van der Waals surface area contributed by atoms with E-state index in [0.29, 0.717) is 12.1 Å². The summed E-state index contributed by atoms with van der Waals surface area (Å²) in [5, 5.41) is 12.1. The van der Waals surface area contributed by atoms with Crippen molar-refractivity contribution in [3.05, 3.63) is 29.8 Å². The van der Waals surface area contributed by atoms with Crippen molar-refractivity contribution >= 4 is 5.91 Å². The van der Waals surface area contributed by atoms with E-state index < -0.39 is 0 Å². The SMILES string of the molecule is CC(C)(C)CCNC(=O)c1cccc(O)c1. The summed E-state index contributed by atoms with van der Waals surface area (Å²) < 4.78 is 0. The van der Waals surface area contributed by atoms with Gasteiger partial charge < -0.3 is 10.4 Å². The summed E-state index contributed by atoms with van der Waals surface area (Å²) in [6.45, 7) is 7.05. The van der Waals surface area contributed by atoms with Crippen LogP contribution in [0.3, 0.4) is 0 Å². The van der Waals surface area contributed by atoms with Gasteiger partial charge in [-0.15, -0.1) is 0 Å². The number of carbonyl (C=O) groups excluding carboxylic acids is 1. The van der Waals surface area contributed by atoms with Crippen LogP contribution in [0.15, 0.2) is 24.3 Å². The van der Waals surface area contributed by atoms with E-state index in [4.69, 9.17) is 0 Å². The van der Waals surface area contributed by atoms with Gasteiger partial charge in [0, 0.05) is 12.1 Å². The van der Waals surface area contributed by atoms with Crippen molar-refractivity contribution in [2.45, 2.75) is 27.2 Å². The average molecular weight is 221 g/mol. The van der Waals surface area contributed by atoms with Gasteiger partial charge in [-0.1, -0.05) is 26.8 Å². The number of rotatable bonds is 3. The minimum Gasteiger partial charge on any atom is -0.508 e. The van der Waals surface area contributed by atoms with Crippen molar-refractivity contribution in [2.24, 2.45) is 5.41 Å². The molecular weight excluding hydrogens is 202 g/mol. The van der Waals surface area contributed by atoms with Gasteiger partial charge >= 0.3 is 0 Å². The Bertz CT molecular complexity index is 366. The number of benzene rings is 1. The molecule has 0 aliphatic carbocycles. The summed E-state index contributed by atoms with van der Waals surface area (Å²) in [7, 11) is 0. The first-order chi connectivity index (χ1) is 7.38. The second kappa shape index (κ2) is 5.01. The van der Waals surface area contributed by atoms with E-state index in [-0.39, 0.29) is 17.1 Å². The summed E-state index contributed by atoms with van der Waals surface area (Å²) in [5.41, 5.74) is 0.709. The minimum atomic E-state index is -0.139. The van der Waals surface area contributed by atoms with E-state index in [0.717, 1.165) is 6.42 Å². The number of phenolic OH excluding ortho intramolecular Hbond substituents is 1. The molecule has 0 spiro atoms. The molecule has 0 fully saturated rings. The Kier molecular flexibility index (Phi) is 3.93. The number of phenols is 1. The van der Waals surface area contributed by atoms with Crippen molar-refractivity contribution in [2.75, 3.05) is 6.54 Å². The van der Waals surface area contributed by atoms with Crippen molar-refractivity contribution in [1.29, 1.82) is 0 Å². The van der Waals surface area contributed by atoms with Crippen molar-refractivity contribution < 1.29 is 9.90 Å². The van der Waals surface area contributed by atoms with Crippen LogP contribution in [-0.2, 0) is 0 Å². The average Bonchev–Trinajstić information content (AvgIpc) is 2.15. The fraction of sp³-hybridized carbons (Fsp3) is 0.462. The third-order valence-electron chi connectivity index (χ3n) is 2.27. The molecule has 0 aromatic heterocycles. The molecule has 88 valence electrons. The number of carbonyl (C=O) groups is 1. The molecule has 2 N–H and O–H groups in total. The van der Waals surface area contributed by atoms with E-state index in [2.05, 4.69) is 26.1 Å². The molecule has 0 aliphatic rings. The third kappa shape index (κ3) is 4.34. The Morgan fingerprint density at radius 3 is 2.62 bits per heavy atom. The molecule has 3 nitrogen and oxygen atoms in total. The molecule has 0 bridgehead atoms. The summed E-state index contributed by atoms with van der Waals surface area (Å²) in [6, 6.07) is 6.36. The predicted molar refractivity (Wildman–Crippen MR) is 64.5 cm³/mol. The molecular formula is C13H19NO2. The topological polar surface area (TPSA) is 49.3 Å². The Balaban J connectivity index is 2.47. The van der Waals surface area contributed by atoms with Gasteiger partial charge in [-0.25, -0.2) is 0 Å². The fourth-order valence-corrected chi connectivity index (χ4v) is 1.30. The van der Waals surface area contributed by atoms with Crippen molar-refractivity contribution in [3.8, 4) is 5.75 Å². The van der Waals surface area contributed by atoms with Crippen LogP contribution < -0.4 is 5.32 Å². The van der Waals surface area contributed by atoms with Gasteiger partial charge in [0.05, 0.1) is 0 Å². The maximum Gasteiger partial charge on any atom is 0.251 e. The number of aromatic hydroxyl groups is 1. The number of amides is 1. The molecule has 16 heavy (non-hydrogen) atoms. The zero-order valence-corrected chi connectivity index (χ0v) is 10.1. The molecule has 0 aliphatic heterocycles. The lowest BCUT2D eigenvalue weighted by Gasteiger charge is -2.18. The van der Waals surface area contributed by atoms with Gasteiger partial charge in [-0.2, -0.15) is 0 Å². The van der Waals surface area contributed by atoms with E-state index >= 15 is 0 Å². The Labute approximate surface area is 96.5 Å². The van der Waals surface area contributed by atoms with Crippen LogP contribution >= 0.6 is 0 Å². The number of hydrogen-bond donors (Lipinski definition) is 2. The van der Waals surface area contributed by atoms with Crippen LogP contribution in [0.2, 0.25) is 0 Å².